The molecule has 4 heteroatoms. The minimum Gasteiger partial charge on any atom is -0.360 e. The molecule has 0 atom stereocenters. The number of anilines is 1. The Bertz CT molecular complexity index is 607. The fourth-order valence-corrected chi connectivity index (χ4v) is 2.98. The van der Waals surface area contributed by atoms with Gasteiger partial charge >= 0.3 is 0 Å². The zero-order chi connectivity index (χ0) is 15.9. The number of carbonyl (C=O) groups is 1. The molecule has 0 radical (unpaired) electrons. The van der Waals surface area contributed by atoms with Crippen LogP contribution in [0.25, 0.3) is 0 Å². The minimum atomic E-state index is 0.136. The Balaban J connectivity index is 1.41. The van der Waals surface area contributed by atoms with E-state index in [1.54, 1.807) is 0 Å². The van der Waals surface area contributed by atoms with Crippen molar-refractivity contribution < 1.29 is 9.69 Å². The first kappa shape index (κ1) is 15.6. The van der Waals surface area contributed by atoms with E-state index in [4.69, 9.17) is 0 Å². The second-order valence-corrected chi connectivity index (χ2v) is 6.01. The number of nitrogens with one attached hydrogen (secondary N) is 2. The highest BCUT2D eigenvalue weighted by Gasteiger charge is 2.22. The molecule has 0 aliphatic carbocycles. The lowest BCUT2D eigenvalue weighted by molar-refractivity contribution is -0.892. The Kier molecular flexibility index (Phi) is 5.27. The lowest BCUT2D eigenvalue weighted by atomic mass is 10.2. The predicted molar refractivity (Wildman–Crippen MR) is 92.5 cm³/mol. The van der Waals surface area contributed by atoms with E-state index in [1.807, 2.05) is 36.4 Å². The molecule has 0 unspecified atom stereocenters. The molecule has 1 heterocycles. The number of benzene rings is 2. The van der Waals surface area contributed by atoms with E-state index in [0.29, 0.717) is 13.1 Å². The summed E-state index contributed by atoms with van der Waals surface area (Å²) >= 11 is 0. The summed E-state index contributed by atoms with van der Waals surface area (Å²) in [4.78, 5) is 15.8. The number of hydrogen-bond acceptors (Lipinski definition) is 2. The molecule has 3 rings (SSSR count). The van der Waals surface area contributed by atoms with Gasteiger partial charge in [-0.25, -0.2) is 0 Å². The fourth-order valence-electron chi connectivity index (χ4n) is 2.98. The van der Waals surface area contributed by atoms with Crippen LogP contribution in [-0.2, 0) is 11.3 Å². The average molecular weight is 310 g/mol. The third kappa shape index (κ3) is 4.57. The first-order valence-corrected chi connectivity index (χ1v) is 8.25. The Morgan fingerprint density at radius 1 is 0.957 bits per heavy atom. The Morgan fingerprint density at radius 3 is 2.22 bits per heavy atom. The summed E-state index contributed by atoms with van der Waals surface area (Å²) in [6, 6.07) is 20.5. The number of quaternary nitrogens is 1. The quantitative estimate of drug-likeness (QED) is 0.853. The maximum atomic E-state index is 12.1. The summed E-state index contributed by atoms with van der Waals surface area (Å²) in [5.41, 5.74) is 2.42. The number of nitrogens with zero attached hydrogens (tertiary/aromatic N) is 1. The van der Waals surface area contributed by atoms with Crippen LogP contribution in [0.15, 0.2) is 60.7 Å². The molecule has 120 valence electrons. The fraction of sp³-hybridized carbons (Fsp3) is 0.316. The normalized spacial score (nSPS) is 15.4. The van der Waals surface area contributed by atoms with Gasteiger partial charge in [0.15, 0.2) is 6.54 Å². The van der Waals surface area contributed by atoms with Crippen LogP contribution in [0, 0.1) is 0 Å². The molecular weight excluding hydrogens is 286 g/mol. The molecule has 0 aromatic heterocycles. The molecule has 2 aromatic rings. The largest absolute Gasteiger partial charge is 0.360 e. The van der Waals surface area contributed by atoms with Crippen molar-refractivity contribution in [2.24, 2.45) is 0 Å². The molecule has 1 amide bonds. The van der Waals surface area contributed by atoms with Gasteiger partial charge in [0.1, 0.15) is 0 Å². The number of piperazine rings is 1. The van der Waals surface area contributed by atoms with Crippen molar-refractivity contribution in [1.29, 1.82) is 0 Å². The molecule has 1 aliphatic heterocycles. The lowest BCUT2D eigenvalue weighted by Crippen LogP contribution is -3.15. The van der Waals surface area contributed by atoms with Crippen molar-refractivity contribution >= 4 is 11.6 Å². The van der Waals surface area contributed by atoms with Crippen LogP contribution in [0.2, 0.25) is 0 Å². The maximum Gasteiger partial charge on any atom is 0.275 e. The zero-order valence-electron chi connectivity index (χ0n) is 13.4. The van der Waals surface area contributed by atoms with Gasteiger partial charge in [0, 0.05) is 12.2 Å². The van der Waals surface area contributed by atoms with Crippen molar-refractivity contribution in [3.8, 4) is 0 Å². The van der Waals surface area contributed by atoms with Gasteiger partial charge in [-0.15, -0.1) is 0 Å². The van der Waals surface area contributed by atoms with Crippen LogP contribution in [0.5, 0.6) is 0 Å². The monoisotopic (exact) mass is 310 g/mol. The Labute approximate surface area is 137 Å². The van der Waals surface area contributed by atoms with Gasteiger partial charge in [0.2, 0.25) is 0 Å². The summed E-state index contributed by atoms with van der Waals surface area (Å²) in [6.07, 6.45) is 0. The van der Waals surface area contributed by atoms with Crippen molar-refractivity contribution in [2.75, 3.05) is 37.6 Å². The molecule has 4 nitrogen and oxygen atoms in total. The molecule has 1 fully saturated rings. The van der Waals surface area contributed by atoms with Gasteiger partial charge in [0.25, 0.3) is 5.91 Å². The Hall–Kier alpha value is -2.33. The molecule has 1 saturated heterocycles. The van der Waals surface area contributed by atoms with Gasteiger partial charge in [-0.2, -0.15) is 0 Å². The van der Waals surface area contributed by atoms with Crippen LogP contribution >= 0.6 is 0 Å². The molecule has 0 bridgehead atoms. The van der Waals surface area contributed by atoms with Crippen molar-refractivity contribution in [2.45, 2.75) is 6.54 Å². The second-order valence-electron chi connectivity index (χ2n) is 6.01. The van der Waals surface area contributed by atoms with Crippen LogP contribution in [0.1, 0.15) is 5.56 Å². The summed E-state index contributed by atoms with van der Waals surface area (Å²) in [6.45, 7) is 5.20. The molecule has 0 spiro atoms. The number of para-hydroxylation sites is 1. The van der Waals surface area contributed by atoms with Gasteiger partial charge in [-0.05, 0) is 17.7 Å². The van der Waals surface area contributed by atoms with Crippen LogP contribution < -0.4 is 15.1 Å². The highest BCUT2D eigenvalue weighted by Crippen LogP contribution is 2.12. The van der Waals surface area contributed by atoms with E-state index in [2.05, 4.69) is 34.5 Å². The molecular formula is C19H24N3O+. The number of carbonyl (C=O) groups excluding carboxylic acids is 1. The van der Waals surface area contributed by atoms with Crippen molar-refractivity contribution in [3.05, 3.63) is 66.2 Å². The average Bonchev–Trinajstić information content (AvgIpc) is 2.62. The van der Waals surface area contributed by atoms with E-state index in [9.17, 15) is 4.79 Å². The van der Waals surface area contributed by atoms with Gasteiger partial charge in [-0.3, -0.25) is 4.79 Å². The van der Waals surface area contributed by atoms with E-state index in [1.165, 1.54) is 10.6 Å². The molecule has 23 heavy (non-hydrogen) atoms. The second kappa shape index (κ2) is 7.79. The van der Waals surface area contributed by atoms with Crippen LogP contribution in [0.3, 0.4) is 0 Å². The maximum absolute atomic E-state index is 12.1. The van der Waals surface area contributed by atoms with E-state index in [-0.39, 0.29) is 5.91 Å². The third-order valence-corrected chi connectivity index (χ3v) is 4.33. The van der Waals surface area contributed by atoms with Crippen LogP contribution in [0.4, 0.5) is 5.69 Å². The third-order valence-electron chi connectivity index (χ3n) is 4.33. The van der Waals surface area contributed by atoms with Gasteiger partial charge in [0.05, 0.1) is 26.2 Å². The number of amides is 1. The van der Waals surface area contributed by atoms with E-state index < -0.39 is 0 Å². The highest BCUT2D eigenvalue weighted by molar-refractivity contribution is 5.76. The van der Waals surface area contributed by atoms with Gasteiger partial charge in [-0.1, -0.05) is 48.5 Å². The van der Waals surface area contributed by atoms with Crippen LogP contribution in [-0.4, -0.2) is 38.6 Å². The summed E-state index contributed by atoms with van der Waals surface area (Å²) < 4.78 is 0. The number of rotatable bonds is 5. The lowest BCUT2D eigenvalue weighted by Gasteiger charge is -2.33. The zero-order valence-corrected chi connectivity index (χ0v) is 13.4. The van der Waals surface area contributed by atoms with Crippen molar-refractivity contribution in [1.82, 2.24) is 5.32 Å². The first-order valence-electron chi connectivity index (χ1n) is 8.25. The highest BCUT2D eigenvalue weighted by atomic mass is 16.2. The standard InChI is InChI=1S/C19H23N3O/c23-19(20-15-17-7-3-1-4-8-17)16-21-11-13-22(14-12-21)18-9-5-2-6-10-18/h1-10H,11-16H2,(H,20,23)/p+1. The smallest absolute Gasteiger partial charge is 0.275 e. The topological polar surface area (TPSA) is 36.8 Å². The summed E-state index contributed by atoms with van der Waals surface area (Å²) in [7, 11) is 0. The predicted octanol–water partition coefficient (Wildman–Crippen LogP) is 0.708. The Morgan fingerprint density at radius 2 is 1.57 bits per heavy atom. The molecule has 1 aliphatic rings. The summed E-state index contributed by atoms with van der Waals surface area (Å²) in [5, 5.41) is 3.02. The minimum absolute atomic E-state index is 0.136. The SMILES string of the molecule is O=C(C[NH+]1CCN(c2ccccc2)CC1)NCc1ccccc1. The molecule has 2 aromatic carbocycles. The van der Waals surface area contributed by atoms with E-state index in [0.717, 1.165) is 31.7 Å². The molecule has 2 N–H and O–H groups in total. The summed E-state index contributed by atoms with van der Waals surface area (Å²) in [5.74, 6) is 0.136. The first-order chi connectivity index (χ1) is 11.3. The van der Waals surface area contributed by atoms with E-state index >= 15 is 0 Å². The molecule has 0 saturated carbocycles. The van der Waals surface area contributed by atoms with Gasteiger partial charge < -0.3 is 15.1 Å². The van der Waals surface area contributed by atoms with Crippen molar-refractivity contribution in [3.63, 3.8) is 0 Å². The number of hydrogen-bond donors (Lipinski definition) is 2.